The zero-order chi connectivity index (χ0) is 25.8. The largest absolute Gasteiger partial charge is 0.481 e. The van der Waals surface area contributed by atoms with Crippen LogP contribution in [0.15, 0.2) is 12.2 Å². The van der Waals surface area contributed by atoms with Gasteiger partial charge in [0.2, 0.25) is 0 Å². The molecular weight excluding hydrogens is 436 g/mol. The monoisotopic (exact) mass is 494 g/mol. The molecule has 0 aromatic heterocycles. The molecule has 0 radical (unpaired) electrons. The molecule has 0 rings (SSSR count). The van der Waals surface area contributed by atoms with E-state index >= 15 is 0 Å². The summed E-state index contributed by atoms with van der Waals surface area (Å²) in [5.74, 6) is -0.787. The average Bonchev–Trinajstić information content (AvgIpc) is 2.83. The predicted molar refractivity (Wildman–Crippen MR) is 149 cm³/mol. The third kappa shape index (κ3) is 27.1. The van der Waals surface area contributed by atoms with Crippen molar-refractivity contribution < 1.29 is 19.4 Å². The molecule has 4 nitrogen and oxygen atoms in total. The molecule has 0 saturated heterocycles. The second-order valence-electron chi connectivity index (χ2n) is 10.3. The minimum Gasteiger partial charge on any atom is -0.481 e. The van der Waals surface area contributed by atoms with E-state index in [4.69, 9.17) is 9.84 Å². The van der Waals surface area contributed by atoms with Gasteiger partial charge in [0.1, 0.15) is 6.10 Å². The van der Waals surface area contributed by atoms with Crippen molar-refractivity contribution in [2.24, 2.45) is 0 Å². The van der Waals surface area contributed by atoms with Crippen molar-refractivity contribution in [3.63, 3.8) is 0 Å². The van der Waals surface area contributed by atoms with Crippen LogP contribution >= 0.6 is 0 Å². The molecule has 1 unspecified atom stereocenters. The SMILES string of the molecule is CCCCCCC/C=C\C(CCCCCCC(=O)O)OC(=O)CCCCCCCCCCCCC. The summed E-state index contributed by atoms with van der Waals surface area (Å²) < 4.78 is 5.81. The molecular formula is C31H58O4. The lowest BCUT2D eigenvalue weighted by Gasteiger charge is -2.15. The van der Waals surface area contributed by atoms with E-state index in [-0.39, 0.29) is 18.5 Å². The molecule has 0 spiro atoms. The van der Waals surface area contributed by atoms with Gasteiger partial charge >= 0.3 is 11.9 Å². The van der Waals surface area contributed by atoms with Gasteiger partial charge in [0.05, 0.1) is 0 Å². The Morgan fingerprint density at radius 3 is 1.63 bits per heavy atom. The van der Waals surface area contributed by atoms with E-state index in [2.05, 4.69) is 26.0 Å². The second kappa shape index (κ2) is 27.3. The van der Waals surface area contributed by atoms with Crippen LogP contribution in [0.2, 0.25) is 0 Å². The third-order valence-corrected chi connectivity index (χ3v) is 6.72. The molecule has 0 bridgehead atoms. The van der Waals surface area contributed by atoms with Crippen LogP contribution in [0.5, 0.6) is 0 Å². The first kappa shape index (κ1) is 33.7. The minimum absolute atomic E-state index is 0.0654. The highest BCUT2D eigenvalue weighted by molar-refractivity contribution is 5.69. The number of ether oxygens (including phenoxy) is 1. The predicted octanol–water partition coefficient (Wildman–Crippen LogP) is 9.94. The number of carboxylic acids is 1. The molecule has 0 aromatic carbocycles. The van der Waals surface area contributed by atoms with Gasteiger partial charge in [-0.15, -0.1) is 0 Å². The molecule has 1 N–H and O–H groups in total. The Bertz CT molecular complexity index is 500. The summed E-state index contributed by atoms with van der Waals surface area (Å²) in [5, 5.41) is 8.76. The molecule has 0 aliphatic carbocycles. The molecule has 206 valence electrons. The van der Waals surface area contributed by atoms with Gasteiger partial charge in [0, 0.05) is 12.8 Å². The smallest absolute Gasteiger partial charge is 0.306 e. The number of carbonyl (C=O) groups is 2. The summed E-state index contributed by atoms with van der Waals surface area (Å²) in [6, 6.07) is 0. The van der Waals surface area contributed by atoms with Crippen LogP contribution in [0.3, 0.4) is 0 Å². The highest BCUT2D eigenvalue weighted by atomic mass is 16.5. The maximum absolute atomic E-state index is 12.4. The fraction of sp³-hybridized carbons (Fsp3) is 0.871. The summed E-state index contributed by atoms with van der Waals surface area (Å²) in [5.41, 5.74) is 0. The maximum Gasteiger partial charge on any atom is 0.306 e. The zero-order valence-electron chi connectivity index (χ0n) is 23.4. The van der Waals surface area contributed by atoms with Gasteiger partial charge in [-0.25, -0.2) is 0 Å². The second-order valence-corrected chi connectivity index (χ2v) is 10.3. The van der Waals surface area contributed by atoms with Crippen molar-refractivity contribution in [2.45, 2.75) is 174 Å². The molecule has 0 aliphatic heterocycles. The highest BCUT2D eigenvalue weighted by Gasteiger charge is 2.11. The number of rotatable bonds is 27. The van der Waals surface area contributed by atoms with Gasteiger partial charge in [0.15, 0.2) is 0 Å². The molecule has 4 heteroatoms. The number of aliphatic carboxylic acids is 1. The van der Waals surface area contributed by atoms with Gasteiger partial charge in [-0.2, -0.15) is 0 Å². The number of hydrogen-bond acceptors (Lipinski definition) is 3. The van der Waals surface area contributed by atoms with E-state index in [0.29, 0.717) is 6.42 Å². The molecule has 0 amide bonds. The lowest BCUT2D eigenvalue weighted by atomic mass is 10.1. The van der Waals surface area contributed by atoms with Crippen molar-refractivity contribution in [3.05, 3.63) is 12.2 Å². The molecule has 35 heavy (non-hydrogen) atoms. The molecule has 0 aliphatic rings. The molecule has 0 aromatic rings. The van der Waals surface area contributed by atoms with Crippen LogP contribution in [0, 0.1) is 0 Å². The first-order valence-corrected chi connectivity index (χ1v) is 15.2. The van der Waals surface area contributed by atoms with Gasteiger partial charge < -0.3 is 9.84 Å². The lowest BCUT2D eigenvalue weighted by Crippen LogP contribution is -2.16. The van der Waals surface area contributed by atoms with Crippen molar-refractivity contribution >= 4 is 11.9 Å². The van der Waals surface area contributed by atoms with Gasteiger partial charge in [0.25, 0.3) is 0 Å². The van der Waals surface area contributed by atoms with Crippen LogP contribution < -0.4 is 0 Å². The van der Waals surface area contributed by atoms with Crippen LogP contribution in [0.25, 0.3) is 0 Å². The Balaban J connectivity index is 4.05. The van der Waals surface area contributed by atoms with E-state index in [1.807, 2.05) is 0 Å². The van der Waals surface area contributed by atoms with Crippen LogP contribution in [-0.2, 0) is 14.3 Å². The number of allylic oxidation sites excluding steroid dienone is 1. The minimum atomic E-state index is -0.721. The first-order valence-electron chi connectivity index (χ1n) is 15.2. The third-order valence-electron chi connectivity index (χ3n) is 6.72. The topological polar surface area (TPSA) is 63.6 Å². The van der Waals surface area contributed by atoms with Gasteiger partial charge in [-0.1, -0.05) is 123 Å². The fourth-order valence-electron chi connectivity index (χ4n) is 4.44. The summed E-state index contributed by atoms with van der Waals surface area (Å²) in [4.78, 5) is 23.1. The number of carboxylic acid groups (broad SMARTS) is 1. The van der Waals surface area contributed by atoms with Crippen molar-refractivity contribution in [2.75, 3.05) is 0 Å². The normalized spacial score (nSPS) is 12.3. The van der Waals surface area contributed by atoms with E-state index in [9.17, 15) is 9.59 Å². The van der Waals surface area contributed by atoms with Crippen molar-refractivity contribution in [3.8, 4) is 0 Å². The average molecular weight is 495 g/mol. The Morgan fingerprint density at radius 2 is 1.09 bits per heavy atom. The molecule has 0 fully saturated rings. The fourth-order valence-corrected chi connectivity index (χ4v) is 4.44. The van der Waals surface area contributed by atoms with Crippen LogP contribution in [-0.4, -0.2) is 23.1 Å². The Morgan fingerprint density at radius 1 is 0.629 bits per heavy atom. The van der Waals surface area contributed by atoms with Crippen LogP contribution in [0.4, 0.5) is 0 Å². The lowest BCUT2D eigenvalue weighted by molar-refractivity contribution is -0.147. The van der Waals surface area contributed by atoms with Crippen LogP contribution in [0.1, 0.15) is 168 Å². The summed E-state index contributed by atoms with van der Waals surface area (Å²) in [7, 11) is 0. The Hall–Kier alpha value is -1.32. The Labute approximate surface area is 217 Å². The Kier molecular flexibility index (Phi) is 26.2. The number of hydrogen-bond donors (Lipinski definition) is 1. The van der Waals surface area contributed by atoms with E-state index in [0.717, 1.165) is 51.4 Å². The maximum atomic E-state index is 12.4. The number of carbonyl (C=O) groups excluding carboxylic acids is 1. The summed E-state index contributed by atoms with van der Waals surface area (Å²) in [6.45, 7) is 4.49. The molecule has 0 heterocycles. The quantitative estimate of drug-likeness (QED) is 0.0701. The highest BCUT2D eigenvalue weighted by Crippen LogP contribution is 2.15. The number of unbranched alkanes of at least 4 members (excludes halogenated alkanes) is 18. The summed E-state index contributed by atoms with van der Waals surface area (Å²) >= 11 is 0. The molecule has 1 atom stereocenters. The molecule has 0 saturated carbocycles. The van der Waals surface area contributed by atoms with E-state index < -0.39 is 5.97 Å². The van der Waals surface area contributed by atoms with Gasteiger partial charge in [-0.05, 0) is 44.6 Å². The van der Waals surface area contributed by atoms with Crippen molar-refractivity contribution in [1.82, 2.24) is 0 Å². The number of esters is 1. The zero-order valence-corrected chi connectivity index (χ0v) is 23.4. The standard InChI is InChI=1S/C31H58O4/c1-3-5-7-9-11-12-13-14-16-18-24-28-31(34)35-29(25-21-17-15-10-8-6-4-2)26-22-19-20-23-27-30(32)33/h21,25,29H,3-20,22-24,26-28H2,1-2H3,(H,32,33)/b25-21-. The first-order chi connectivity index (χ1) is 17.1. The van der Waals surface area contributed by atoms with E-state index in [1.165, 1.54) is 89.9 Å². The van der Waals surface area contributed by atoms with Gasteiger partial charge in [-0.3, -0.25) is 9.59 Å². The van der Waals surface area contributed by atoms with E-state index in [1.54, 1.807) is 0 Å². The summed E-state index contributed by atoms with van der Waals surface area (Å²) in [6.07, 6.45) is 30.8. The van der Waals surface area contributed by atoms with Crippen molar-refractivity contribution in [1.29, 1.82) is 0 Å².